The van der Waals surface area contributed by atoms with Crippen molar-refractivity contribution in [3.8, 4) is 0 Å². The molecule has 0 radical (unpaired) electrons. The van der Waals surface area contributed by atoms with Crippen molar-refractivity contribution in [1.29, 1.82) is 0 Å². The Kier molecular flexibility index (Phi) is 4.28. The molecule has 6 heteroatoms. The Labute approximate surface area is 133 Å². The Balaban J connectivity index is 1.94. The predicted molar refractivity (Wildman–Crippen MR) is 84.0 cm³/mol. The van der Waals surface area contributed by atoms with Gasteiger partial charge in [-0.15, -0.1) is 0 Å². The first-order valence-electron chi connectivity index (χ1n) is 7.63. The number of hydrogen-bond donors (Lipinski definition) is 2. The van der Waals surface area contributed by atoms with Gasteiger partial charge in [0.2, 0.25) is 11.6 Å². The maximum atomic E-state index is 14.1. The van der Waals surface area contributed by atoms with Gasteiger partial charge < -0.3 is 15.0 Å². The lowest BCUT2D eigenvalue weighted by atomic mass is 9.75. The van der Waals surface area contributed by atoms with Gasteiger partial charge in [0.25, 0.3) is 0 Å². The Hall–Kier alpha value is -2.05. The van der Waals surface area contributed by atoms with E-state index in [-0.39, 0.29) is 12.2 Å². The first-order valence-corrected chi connectivity index (χ1v) is 7.63. The van der Waals surface area contributed by atoms with Crippen LogP contribution in [0.15, 0.2) is 24.4 Å². The van der Waals surface area contributed by atoms with Crippen LogP contribution < -0.4 is 5.32 Å². The zero-order valence-electron chi connectivity index (χ0n) is 12.9. The molecular weight excluding hydrogens is 299 g/mol. The average Bonchev–Trinajstić information content (AvgIpc) is 3.03. The topological polar surface area (TPSA) is 71.2 Å². The van der Waals surface area contributed by atoms with Crippen LogP contribution in [0.5, 0.6) is 0 Å². The van der Waals surface area contributed by atoms with Crippen molar-refractivity contribution < 1.29 is 18.7 Å². The molecule has 1 unspecified atom stereocenters. The van der Waals surface area contributed by atoms with Crippen LogP contribution >= 0.6 is 0 Å². The Morgan fingerprint density at radius 1 is 1.39 bits per heavy atom. The number of aromatic amines is 1. The molecule has 1 aliphatic heterocycles. The number of piperidine rings is 1. The van der Waals surface area contributed by atoms with Crippen molar-refractivity contribution in [1.82, 2.24) is 10.3 Å². The number of fused-ring (bicyclic) bond motifs is 1. The van der Waals surface area contributed by atoms with Crippen molar-refractivity contribution in [2.24, 2.45) is 5.41 Å². The van der Waals surface area contributed by atoms with Gasteiger partial charge in [0.15, 0.2) is 0 Å². The quantitative estimate of drug-likeness (QED) is 0.654. The van der Waals surface area contributed by atoms with E-state index >= 15 is 0 Å². The normalized spacial score (nSPS) is 21.5. The van der Waals surface area contributed by atoms with E-state index in [0.717, 1.165) is 19.0 Å². The largest absolute Gasteiger partial charge is 0.384 e. The molecule has 1 atom stereocenters. The van der Waals surface area contributed by atoms with Crippen LogP contribution in [0.3, 0.4) is 0 Å². The summed E-state index contributed by atoms with van der Waals surface area (Å²) >= 11 is 0. The number of H-pyrrole nitrogens is 1. The van der Waals surface area contributed by atoms with E-state index in [1.54, 1.807) is 18.3 Å². The van der Waals surface area contributed by atoms with E-state index in [9.17, 15) is 14.0 Å². The summed E-state index contributed by atoms with van der Waals surface area (Å²) < 4.78 is 19.2. The third-order valence-corrected chi connectivity index (χ3v) is 4.45. The van der Waals surface area contributed by atoms with Crippen molar-refractivity contribution in [2.45, 2.75) is 12.8 Å². The number of methoxy groups -OCH3 is 1. The summed E-state index contributed by atoms with van der Waals surface area (Å²) in [5, 5.41) is 3.73. The Bertz CT molecular complexity index is 742. The smallest absolute Gasteiger partial charge is 0.229 e. The highest BCUT2D eigenvalue weighted by molar-refractivity contribution is 6.45. The molecule has 1 fully saturated rings. The minimum absolute atomic E-state index is 0.0839. The monoisotopic (exact) mass is 318 g/mol. The van der Waals surface area contributed by atoms with E-state index < -0.39 is 22.8 Å². The molecule has 0 spiro atoms. The SMILES string of the molecule is COCC1(C(=O)C(=O)c2cc(F)c3[nH]ccc3c2)CCCNC1. The van der Waals surface area contributed by atoms with Gasteiger partial charge in [0, 0.05) is 30.8 Å². The molecule has 1 aliphatic rings. The van der Waals surface area contributed by atoms with Gasteiger partial charge in [-0.05, 0) is 37.6 Å². The predicted octanol–water partition coefficient (Wildman–Crippen LogP) is 2.08. The highest BCUT2D eigenvalue weighted by atomic mass is 19.1. The fourth-order valence-electron chi connectivity index (χ4n) is 3.26. The number of carbonyl (C=O) groups is 2. The van der Waals surface area contributed by atoms with Gasteiger partial charge in [0.05, 0.1) is 17.5 Å². The first kappa shape index (κ1) is 15.8. The second kappa shape index (κ2) is 6.22. The van der Waals surface area contributed by atoms with Gasteiger partial charge in [-0.1, -0.05) is 0 Å². The number of ether oxygens (including phenoxy) is 1. The molecule has 23 heavy (non-hydrogen) atoms. The second-order valence-electron chi connectivity index (χ2n) is 6.05. The molecule has 122 valence electrons. The fraction of sp³-hybridized carbons (Fsp3) is 0.412. The van der Waals surface area contributed by atoms with Crippen molar-refractivity contribution >= 4 is 22.5 Å². The van der Waals surface area contributed by atoms with Crippen molar-refractivity contribution in [3.05, 3.63) is 35.8 Å². The van der Waals surface area contributed by atoms with Crippen molar-refractivity contribution in [2.75, 3.05) is 26.8 Å². The number of halogens is 1. The van der Waals surface area contributed by atoms with E-state index in [1.165, 1.54) is 7.11 Å². The van der Waals surface area contributed by atoms with E-state index in [1.807, 2.05) is 0 Å². The third-order valence-electron chi connectivity index (χ3n) is 4.45. The van der Waals surface area contributed by atoms with Crippen LogP contribution in [-0.4, -0.2) is 43.4 Å². The number of rotatable bonds is 5. The van der Waals surface area contributed by atoms with Crippen LogP contribution in [0.1, 0.15) is 23.2 Å². The summed E-state index contributed by atoms with van der Waals surface area (Å²) in [5.74, 6) is -1.71. The average molecular weight is 318 g/mol. The molecule has 1 saturated heterocycles. The van der Waals surface area contributed by atoms with Gasteiger partial charge >= 0.3 is 0 Å². The maximum Gasteiger partial charge on any atom is 0.229 e. The van der Waals surface area contributed by atoms with E-state index in [0.29, 0.717) is 23.9 Å². The highest BCUT2D eigenvalue weighted by Crippen LogP contribution is 2.30. The molecule has 0 amide bonds. The van der Waals surface area contributed by atoms with Crippen LogP contribution in [0.25, 0.3) is 10.9 Å². The Morgan fingerprint density at radius 2 is 2.22 bits per heavy atom. The second-order valence-corrected chi connectivity index (χ2v) is 6.05. The standard InChI is InChI=1S/C17H19FN2O3/c1-23-10-17(4-2-5-19-9-17)16(22)15(21)12-7-11-3-6-20-14(11)13(18)8-12/h3,6-8,19-20H,2,4-5,9-10H2,1H3. The lowest BCUT2D eigenvalue weighted by molar-refractivity contribution is -0.128. The van der Waals surface area contributed by atoms with Crippen LogP contribution in [0.2, 0.25) is 0 Å². The number of ketones is 2. The van der Waals surface area contributed by atoms with Crippen LogP contribution in [0, 0.1) is 11.2 Å². The maximum absolute atomic E-state index is 14.1. The molecule has 2 heterocycles. The molecule has 1 aromatic heterocycles. The summed E-state index contributed by atoms with van der Waals surface area (Å²) in [7, 11) is 1.51. The van der Waals surface area contributed by atoms with Gasteiger partial charge in [-0.25, -0.2) is 4.39 Å². The van der Waals surface area contributed by atoms with Gasteiger partial charge in [-0.3, -0.25) is 9.59 Å². The first-order chi connectivity index (χ1) is 11.1. The third kappa shape index (κ3) is 2.80. The van der Waals surface area contributed by atoms with Crippen LogP contribution in [0.4, 0.5) is 4.39 Å². The summed E-state index contributed by atoms with van der Waals surface area (Å²) in [6.45, 7) is 1.40. The van der Waals surface area contributed by atoms with E-state index in [2.05, 4.69) is 10.3 Å². The van der Waals surface area contributed by atoms with Gasteiger partial charge in [0.1, 0.15) is 5.82 Å². The van der Waals surface area contributed by atoms with Gasteiger partial charge in [-0.2, -0.15) is 0 Å². The lowest BCUT2D eigenvalue weighted by Crippen LogP contribution is -2.50. The molecule has 5 nitrogen and oxygen atoms in total. The van der Waals surface area contributed by atoms with E-state index in [4.69, 9.17) is 4.74 Å². The van der Waals surface area contributed by atoms with Crippen LogP contribution in [-0.2, 0) is 9.53 Å². The Morgan fingerprint density at radius 3 is 2.91 bits per heavy atom. The molecule has 2 aromatic rings. The summed E-state index contributed by atoms with van der Waals surface area (Å²) in [6, 6.07) is 4.34. The molecule has 1 aromatic carbocycles. The summed E-state index contributed by atoms with van der Waals surface area (Å²) in [4.78, 5) is 28.2. The molecule has 0 aliphatic carbocycles. The summed E-state index contributed by atoms with van der Waals surface area (Å²) in [6.07, 6.45) is 2.99. The lowest BCUT2D eigenvalue weighted by Gasteiger charge is -2.35. The molecular formula is C17H19FN2O3. The van der Waals surface area contributed by atoms with Crippen molar-refractivity contribution in [3.63, 3.8) is 0 Å². The minimum atomic E-state index is -0.867. The molecule has 0 bridgehead atoms. The number of carbonyl (C=O) groups excluding carboxylic acids is 2. The molecule has 2 N–H and O–H groups in total. The highest BCUT2D eigenvalue weighted by Gasteiger charge is 2.43. The number of Topliss-reactive ketones (excluding diaryl/α,β-unsaturated/α-hetero) is 2. The zero-order valence-corrected chi connectivity index (χ0v) is 12.9. The number of hydrogen-bond acceptors (Lipinski definition) is 4. The number of nitrogens with one attached hydrogen (secondary N) is 2. The fourth-order valence-corrected chi connectivity index (χ4v) is 3.26. The zero-order chi connectivity index (χ0) is 16.4. The molecule has 0 saturated carbocycles. The molecule has 3 rings (SSSR count). The number of aromatic nitrogens is 1. The summed E-state index contributed by atoms with van der Waals surface area (Å²) in [5.41, 5.74) is -0.450. The number of benzene rings is 1. The minimum Gasteiger partial charge on any atom is -0.384 e.